The van der Waals surface area contributed by atoms with Crippen LogP contribution in [0.5, 0.6) is 0 Å². The molecule has 4 heteroatoms. The molecule has 0 fully saturated rings. The SMILES string of the molecule is CCNCc1cnoc1-c1ccccn1. The third-order valence-electron chi connectivity index (χ3n) is 2.11. The van der Waals surface area contributed by atoms with Gasteiger partial charge in [0.2, 0.25) is 0 Å². The van der Waals surface area contributed by atoms with Crippen LogP contribution in [0.4, 0.5) is 0 Å². The van der Waals surface area contributed by atoms with Crippen LogP contribution in [0.2, 0.25) is 0 Å². The van der Waals surface area contributed by atoms with Gasteiger partial charge in [0, 0.05) is 18.3 Å². The van der Waals surface area contributed by atoms with Gasteiger partial charge in [-0.2, -0.15) is 0 Å². The Morgan fingerprint density at radius 3 is 3.07 bits per heavy atom. The Bertz CT molecular complexity index is 411. The summed E-state index contributed by atoms with van der Waals surface area (Å²) in [6.07, 6.45) is 3.47. The van der Waals surface area contributed by atoms with E-state index in [0.29, 0.717) is 0 Å². The van der Waals surface area contributed by atoms with Crippen LogP contribution in [-0.2, 0) is 6.54 Å². The molecule has 2 aromatic rings. The molecule has 0 radical (unpaired) electrons. The maximum atomic E-state index is 5.20. The zero-order valence-electron chi connectivity index (χ0n) is 8.60. The normalized spacial score (nSPS) is 10.5. The van der Waals surface area contributed by atoms with Crippen molar-refractivity contribution >= 4 is 0 Å². The van der Waals surface area contributed by atoms with Gasteiger partial charge in [-0.1, -0.05) is 18.1 Å². The van der Waals surface area contributed by atoms with E-state index in [4.69, 9.17) is 4.52 Å². The number of nitrogens with one attached hydrogen (secondary N) is 1. The molecule has 0 bridgehead atoms. The summed E-state index contributed by atoms with van der Waals surface area (Å²) in [7, 11) is 0. The second kappa shape index (κ2) is 4.70. The summed E-state index contributed by atoms with van der Waals surface area (Å²) in [5.41, 5.74) is 1.86. The Morgan fingerprint density at radius 2 is 2.33 bits per heavy atom. The van der Waals surface area contributed by atoms with Gasteiger partial charge in [-0.15, -0.1) is 0 Å². The van der Waals surface area contributed by atoms with Crippen molar-refractivity contribution < 1.29 is 4.52 Å². The topological polar surface area (TPSA) is 51.0 Å². The van der Waals surface area contributed by atoms with Gasteiger partial charge < -0.3 is 9.84 Å². The van der Waals surface area contributed by atoms with Crippen LogP contribution >= 0.6 is 0 Å². The van der Waals surface area contributed by atoms with E-state index in [1.165, 1.54) is 0 Å². The van der Waals surface area contributed by atoms with Gasteiger partial charge in [-0.25, -0.2) is 0 Å². The van der Waals surface area contributed by atoms with Crippen molar-refractivity contribution in [2.45, 2.75) is 13.5 Å². The van der Waals surface area contributed by atoms with Gasteiger partial charge in [0.25, 0.3) is 0 Å². The van der Waals surface area contributed by atoms with Gasteiger partial charge in [0.05, 0.1) is 6.20 Å². The molecule has 15 heavy (non-hydrogen) atoms. The molecule has 0 unspecified atom stereocenters. The molecule has 0 aromatic carbocycles. The third kappa shape index (κ3) is 2.22. The van der Waals surface area contributed by atoms with E-state index in [1.54, 1.807) is 12.4 Å². The first kappa shape index (κ1) is 9.86. The molecule has 4 nitrogen and oxygen atoms in total. The van der Waals surface area contributed by atoms with Crippen molar-refractivity contribution in [2.24, 2.45) is 0 Å². The summed E-state index contributed by atoms with van der Waals surface area (Å²) in [6.45, 7) is 3.74. The summed E-state index contributed by atoms with van der Waals surface area (Å²) in [4.78, 5) is 4.23. The molecule has 78 valence electrons. The number of rotatable bonds is 4. The van der Waals surface area contributed by atoms with Gasteiger partial charge in [-0.05, 0) is 18.7 Å². The van der Waals surface area contributed by atoms with E-state index in [1.807, 2.05) is 18.2 Å². The lowest BCUT2D eigenvalue weighted by atomic mass is 10.2. The van der Waals surface area contributed by atoms with Gasteiger partial charge >= 0.3 is 0 Å². The maximum absolute atomic E-state index is 5.20. The van der Waals surface area contributed by atoms with E-state index in [0.717, 1.165) is 30.1 Å². The van der Waals surface area contributed by atoms with E-state index >= 15 is 0 Å². The molecular weight excluding hydrogens is 190 g/mol. The Morgan fingerprint density at radius 1 is 1.40 bits per heavy atom. The first-order valence-corrected chi connectivity index (χ1v) is 4.97. The maximum Gasteiger partial charge on any atom is 0.189 e. The average molecular weight is 203 g/mol. The summed E-state index contributed by atoms with van der Waals surface area (Å²) in [6, 6.07) is 5.72. The van der Waals surface area contributed by atoms with Crippen LogP contribution in [0.3, 0.4) is 0 Å². The molecule has 0 aliphatic carbocycles. The van der Waals surface area contributed by atoms with Crippen molar-refractivity contribution in [1.29, 1.82) is 0 Å². The van der Waals surface area contributed by atoms with Crippen molar-refractivity contribution in [3.63, 3.8) is 0 Å². The Labute approximate surface area is 88.3 Å². The monoisotopic (exact) mass is 203 g/mol. The molecular formula is C11H13N3O. The largest absolute Gasteiger partial charge is 0.354 e. The fraction of sp³-hybridized carbons (Fsp3) is 0.273. The highest BCUT2D eigenvalue weighted by Gasteiger charge is 2.10. The average Bonchev–Trinajstić information content (AvgIpc) is 2.75. The minimum atomic E-state index is 0.747. The molecule has 2 aromatic heterocycles. The molecule has 0 atom stereocenters. The van der Waals surface area contributed by atoms with Crippen LogP contribution in [-0.4, -0.2) is 16.7 Å². The van der Waals surface area contributed by atoms with Crippen LogP contribution in [0.25, 0.3) is 11.5 Å². The zero-order valence-corrected chi connectivity index (χ0v) is 8.60. The van der Waals surface area contributed by atoms with Gasteiger partial charge in [0.1, 0.15) is 5.69 Å². The lowest BCUT2D eigenvalue weighted by Crippen LogP contribution is -2.11. The molecule has 0 aliphatic rings. The Hall–Kier alpha value is -1.68. The Kier molecular flexibility index (Phi) is 3.09. The van der Waals surface area contributed by atoms with E-state index in [2.05, 4.69) is 22.4 Å². The van der Waals surface area contributed by atoms with Crippen LogP contribution < -0.4 is 5.32 Å². The predicted octanol–water partition coefficient (Wildman–Crippen LogP) is 1.85. The second-order valence-corrected chi connectivity index (χ2v) is 3.18. The lowest BCUT2D eigenvalue weighted by Gasteiger charge is -2.00. The number of nitrogens with zero attached hydrogens (tertiary/aromatic N) is 2. The van der Waals surface area contributed by atoms with Crippen LogP contribution in [0.15, 0.2) is 35.1 Å². The molecule has 0 saturated heterocycles. The molecule has 0 saturated carbocycles. The summed E-state index contributed by atoms with van der Waals surface area (Å²) in [5, 5.41) is 7.03. The van der Waals surface area contributed by atoms with Crippen molar-refractivity contribution in [3.8, 4) is 11.5 Å². The molecule has 0 amide bonds. The number of aromatic nitrogens is 2. The highest BCUT2D eigenvalue weighted by Crippen LogP contribution is 2.20. The second-order valence-electron chi connectivity index (χ2n) is 3.18. The summed E-state index contributed by atoms with van der Waals surface area (Å²) in [5.74, 6) is 0.747. The van der Waals surface area contributed by atoms with Gasteiger partial charge in [0.15, 0.2) is 5.76 Å². The quantitative estimate of drug-likeness (QED) is 0.823. The van der Waals surface area contributed by atoms with Crippen molar-refractivity contribution in [1.82, 2.24) is 15.5 Å². The molecule has 2 rings (SSSR count). The van der Waals surface area contributed by atoms with E-state index < -0.39 is 0 Å². The van der Waals surface area contributed by atoms with Gasteiger partial charge in [-0.3, -0.25) is 4.98 Å². The smallest absolute Gasteiger partial charge is 0.189 e. The standard InChI is InChI=1S/C11H13N3O/c1-2-12-7-9-8-14-15-11(9)10-5-3-4-6-13-10/h3-6,8,12H,2,7H2,1H3. The summed E-state index contributed by atoms with van der Waals surface area (Å²) < 4.78 is 5.20. The minimum absolute atomic E-state index is 0.747. The van der Waals surface area contributed by atoms with E-state index in [9.17, 15) is 0 Å². The zero-order chi connectivity index (χ0) is 10.5. The first-order valence-electron chi connectivity index (χ1n) is 4.97. The number of hydrogen-bond acceptors (Lipinski definition) is 4. The molecule has 0 aliphatic heterocycles. The van der Waals surface area contributed by atoms with Crippen molar-refractivity contribution in [2.75, 3.05) is 6.54 Å². The lowest BCUT2D eigenvalue weighted by molar-refractivity contribution is 0.430. The number of hydrogen-bond donors (Lipinski definition) is 1. The van der Waals surface area contributed by atoms with Crippen LogP contribution in [0.1, 0.15) is 12.5 Å². The Balaban J connectivity index is 2.25. The van der Waals surface area contributed by atoms with Crippen molar-refractivity contribution in [3.05, 3.63) is 36.2 Å². The molecule has 2 heterocycles. The molecule has 1 N–H and O–H groups in total. The van der Waals surface area contributed by atoms with Crippen LogP contribution in [0, 0.1) is 0 Å². The fourth-order valence-corrected chi connectivity index (χ4v) is 1.35. The molecule has 0 spiro atoms. The first-order chi connectivity index (χ1) is 7.42. The third-order valence-corrected chi connectivity index (χ3v) is 2.11. The fourth-order valence-electron chi connectivity index (χ4n) is 1.35. The highest BCUT2D eigenvalue weighted by atomic mass is 16.5. The van der Waals surface area contributed by atoms with E-state index in [-0.39, 0.29) is 0 Å². The highest BCUT2D eigenvalue weighted by molar-refractivity contribution is 5.55. The summed E-state index contributed by atoms with van der Waals surface area (Å²) >= 11 is 0. The predicted molar refractivity (Wildman–Crippen MR) is 57.1 cm³/mol. The minimum Gasteiger partial charge on any atom is -0.354 e. The number of pyridine rings is 1.